The molecule has 0 aliphatic carbocycles. The molecule has 6 heteroatoms. The Morgan fingerprint density at radius 1 is 0.453 bits per heavy atom. The van der Waals surface area contributed by atoms with Crippen LogP contribution >= 0.6 is 23.1 Å². The summed E-state index contributed by atoms with van der Waals surface area (Å²) >= 11 is 3.97. The van der Waals surface area contributed by atoms with Crippen molar-refractivity contribution < 1.29 is 0 Å². The third-order valence-corrected chi connectivity index (χ3v) is 15.8. The molecule has 13 rings (SSSR count). The summed E-state index contributed by atoms with van der Waals surface area (Å²) in [6.45, 7) is -0.00854. The summed E-state index contributed by atoms with van der Waals surface area (Å²) < 4.78 is 2.68. The summed E-state index contributed by atoms with van der Waals surface area (Å²) in [5, 5.41) is 1.49. The van der Waals surface area contributed by atoms with Gasteiger partial charge >= 0.3 is 0 Å². The number of para-hydroxylation sites is 4. The first-order chi connectivity index (χ1) is 31.8. The maximum absolute atomic E-state index is 2.63. The van der Waals surface area contributed by atoms with E-state index in [2.05, 4.69) is 245 Å². The van der Waals surface area contributed by atoms with Gasteiger partial charge in [0, 0.05) is 70.7 Å². The molecule has 3 aliphatic heterocycles. The molecule has 4 heterocycles. The van der Waals surface area contributed by atoms with E-state index < -0.39 is 0 Å². The Hall–Kier alpha value is -7.25. The standard InChI is InChI=1S/C58H40BN3S2/c1-7-21-39(22-8-1)52-53-51(63-57(52)40-23-9-2-10-24-40)36-35-47-56(53)62(44-31-17-6-18-32-44)49-38-45(60(41-25-11-3-12-26-41)42-27-13-4-14-28-42)37-48-54(49)59(47)58-55(46-33-19-20-34-50(46)64-58)61(48)43-29-15-5-16-30-43/h1-38,52,57H. The molecule has 0 saturated heterocycles. The minimum atomic E-state index is -0.00854. The van der Waals surface area contributed by atoms with Gasteiger partial charge < -0.3 is 14.7 Å². The molecule has 0 radical (unpaired) electrons. The highest BCUT2D eigenvalue weighted by atomic mass is 32.2. The number of fused-ring (bicyclic) bond motifs is 8. The summed E-state index contributed by atoms with van der Waals surface area (Å²) in [6.07, 6.45) is 0. The molecular formula is C58H40BN3S2. The van der Waals surface area contributed by atoms with Gasteiger partial charge in [0.25, 0.3) is 6.71 Å². The van der Waals surface area contributed by atoms with E-state index >= 15 is 0 Å². The zero-order valence-electron chi connectivity index (χ0n) is 34.8. The van der Waals surface area contributed by atoms with Crippen LogP contribution in [0.2, 0.25) is 0 Å². The summed E-state index contributed by atoms with van der Waals surface area (Å²) in [6, 6.07) is 85.1. The van der Waals surface area contributed by atoms with E-state index in [-0.39, 0.29) is 17.9 Å². The Balaban J connectivity index is 1.18. The maximum atomic E-state index is 2.63. The summed E-state index contributed by atoms with van der Waals surface area (Å²) in [7, 11) is 0. The van der Waals surface area contributed by atoms with Gasteiger partial charge in [-0.3, -0.25) is 0 Å². The molecule has 3 aliphatic rings. The fourth-order valence-electron chi connectivity index (χ4n) is 10.6. The van der Waals surface area contributed by atoms with Crippen LogP contribution < -0.4 is 30.4 Å². The lowest BCUT2D eigenvalue weighted by atomic mass is 9.36. The van der Waals surface area contributed by atoms with Gasteiger partial charge in [0.1, 0.15) is 0 Å². The van der Waals surface area contributed by atoms with Crippen LogP contribution in [0.4, 0.5) is 51.2 Å². The molecule has 0 amide bonds. The lowest BCUT2D eigenvalue weighted by Crippen LogP contribution is -2.60. The van der Waals surface area contributed by atoms with Gasteiger partial charge in [0.05, 0.1) is 11.4 Å². The van der Waals surface area contributed by atoms with Crippen LogP contribution in [-0.2, 0) is 0 Å². The predicted molar refractivity (Wildman–Crippen MR) is 274 cm³/mol. The quantitative estimate of drug-likeness (QED) is 0.148. The van der Waals surface area contributed by atoms with Crippen molar-refractivity contribution in [3.05, 3.63) is 247 Å². The number of thiophene rings is 1. The summed E-state index contributed by atoms with van der Waals surface area (Å²) in [5.41, 5.74) is 17.3. The van der Waals surface area contributed by atoms with Gasteiger partial charge in [-0.25, -0.2) is 0 Å². The van der Waals surface area contributed by atoms with E-state index in [1.165, 1.54) is 70.1 Å². The average Bonchev–Trinajstić information content (AvgIpc) is 3.95. The summed E-state index contributed by atoms with van der Waals surface area (Å²) in [4.78, 5) is 8.97. The van der Waals surface area contributed by atoms with Gasteiger partial charge in [-0.1, -0.05) is 158 Å². The molecule has 0 saturated carbocycles. The van der Waals surface area contributed by atoms with Crippen LogP contribution in [0.5, 0.6) is 0 Å². The second-order valence-corrected chi connectivity index (χ2v) is 19.0. The Labute approximate surface area is 382 Å². The molecule has 1 aromatic heterocycles. The van der Waals surface area contributed by atoms with E-state index in [0.717, 1.165) is 28.4 Å². The molecule has 2 unspecified atom stereocenters. The van der Waals surface area contributed by atoms with Gasteiger partial charge in [-0.2, -0.15) is 0 Å². The first kappa shape index (κ1) is 37.3. The van der Waals surface area contributed by atoms with Crippen molar-refractivity contribution in [3.63, 3.8) is 0 Å². The number of nitrogens with zero attached hydrogens (tertiary/aromatic N) is 3. The number of benzene rings is 9. The molecule has 0 fully saturated rings. The fourth-order valence-corrected chi connectivity index (χ4v) is 13.4. The maximum Gasteiger partial charge on any atom is 0.264 e. The topological polar surface area (TPSA) is 9.72 Å². The minimum absolute atomic E-state index is 0.00854. The van der Waals surface area contributed by atoms with Crippen molar-refractivity contribution in [2.75, 3.05) is 14.7 Å². The van der Waals surface area contributed by atoms with Crippen LogP contribution in [0.25, 0.3) is 10.1 Å². The first-order valence-electron chi connectivity index (χ1n) is 22.0. The van der Waals surface area contributed by atoms with Crippen molar-refractivity contribution in [1.82, 2.24) is 0 Å². The molecule has 302 valence electrons. The van der Waals surface area contributed by atoms with Crippen LogP contribution in [0.3, 0.4) is 0 Å². The number of thioether (sulfide) groups is 1. The molecular weight excluding hydrogens is 814 g/mol. The van der Waals surface area contributed by atoms with E-state index in [1.807, 2.05) is 23.1 Å². The molecule has 0 spiro atoms. The zero-order chi connectivity index (χ0) is 42.1. The number of hydrogen-bond acceptors (Lipinski definition) is 5. The second-order valence-electron chi connectivity index (χ2n) is 16.7. The van der Waals surface area contributed by atoms with E-state index in [4.69, 9.17) is 0 Å². The normalized spacial score (nSPS) is 15.7. The Morgan fingerprint density at radius 3 is 1.55 bits per heavy atom. The van der Waals surface area contributed by atoms with Crippen molar-refractivity contribution in [2.24, 2.45) is 0 Å². The van der Waals surface area contributed by atoms with E-state index in [9.17, 15) is 0 Å². The van der Waals surface area contributed by atoms with Crippen molar-refractivity contribution in [1.29, 1.82) is 0 Å². The van der Waals surface area contributed by atoms with E-state index in [0.29, 0.717) is 0 Å². The molecule has 64 heavy (non-hydrogen) atoms. The van der Waals surface area contributed by atoms with Crippen molar-refractivity contribution in [2.45, 2.75) is 16.1 Å². The molecule has 3 nitrogen and oxygen atoms in total. The van der Waals surface area contributed by atoms with Crippen molar-refractivity contribution in [3.8, 4) is 0 Å². The van der Waals surface area contributed by atoms with Gasteiger partial charge in [-0.15, -0.1) is 23.1 Å². The molecule has 0 N–H and O–H groups in total. The molecule has 0 bridgehead atoms. The highest BCUT2D eigenvalue weighted by Crippen LogP contribution is 2.61. The van der Waals surface area contributed by atoms with Crippen LogP contribution in [0, 0.1) is 0 Å². The lowest BCUT2D eigenvalue weighted by molar-refractivity contribution is 0.797. The van der Waals surface area contributed by atoms with Crippen LogP contribution in [0.1, 0.15) is 27.9 Å². The minimum Gasteiger partial charge on any atom is -0.311 e. The highest BCUT2D eigenvalue weighted by molar-refractivity contribution is 8.00. The fraction of sp³-hybridized carbons (Fsp3) is 0.0345. The van der Waals surface area contributed by atoms with Gasteiger partial charge in [0.15, 0.2) is 0 Å². The number of rotatable bonds is 7. The monoisotopic (exact) mass is 853 g/mol. The number of hydrogen-bond donors (Lipinski definition) is 0. The van der Waals surface area contributed by atoms with Gasteiger partial charge in [0.2, 0.25) is 0 Å². The first-order valence-corrected chi connectivity index (χ1v) is 23.7. The third-order valence-electron chi connectivity index (χ3n) is 13.2. The molecule has 2 atom stereocenters. The van der Waals surface area contributed by atoms with Crippen molar-refractivity contribution >= 4 is 107 Å². The molecule has 10 aromatic rings. The summed E-state index contributed by atoms with van der Waals surface area (Å²) in [5.74, 6) is 0.116. The highest BCUT2D eigenvalue weighted by Gasteiger charge is 2.49. The lowest BCUT2D eigenvalue weighted by Gasteiger charge is -2.45. The molecule has 9 aromatic carbocycles. The van der Waals surface area contributed by atoms with Gasteiger partial charge in [-0.05, 0) is 100 Å². The Kier molecular flexibility index (Phi) is 8.88. The smallest absolute Gasteiger partial charge is 0.264 e. The predicted octanol–water partition coefficient (Wildman–Crippen LogP) is 14.4. The second kappa shape index (κ2) is 15.2. The third kappa shape index (κ3) is 5.83. The zero-order valence-corrected chi connectivity index (χ0v) is 36.5. The average molecular weight is 854 g/mol. The SMILES string of the molecule is c1ccc(C2Sc3ccc4c(c3C2c2ccccc2)N(c2ccccc2)c2cc(N(c3ccccc3)c3ccccc3)cc3c2B4c2sc4ccccc4c2N3c2ccccc2)cc1. The van der Waals surface area contributed by atoms with Crippen LogP contribution in [0.15, 0.2) is 235 Å². The Bertz CT molecular complexity index is 3290. The van der Waals surface area contributed by atoms with Crippen LogP contribution in [-0.4, -0.2) is 6.71 Å². The Morgan fingerprint density at radius 2 is 0.953 bits per heavy atom. The number of anilines is 9. The largest absolute Gasteiger partial charge is 0.311 e. The van der Waals surface area contributed by atoms with E-state index in [1.54, 1.807) is 0 Å².